The van der Waals surface area contributed by atoms with Crippen molar-refractivity contribution in [3.63, 3.8) is 0 Å². The van der Waals surface area contributed by atoms with E-state index in [1.807, 2.05) is 24.3 Å². The van der Waals surface area contributed by atoms with E-state index < -0.39 is 15.8 Å². The van der Waals surface area contributed by atoms with Gasteiger partial charge < -0.3 is 5.73 Å². The van der Waals surface area contributed by atoms with Crippen molar-refractivity contribution in [2.24, 2.45) is 0 Å². The van der Waals surface area contributed by atoms with Gasteiger partial charge in [0.1, 0.15) is 5.82 Å². The second-order valence-corrected chi connectivity index (χ2v) is 7.53. The molecule has 2 N–H and O–H groups in total. The molecule has 0 radical (unpaired) electrons. The van der Waals surface area contributed by atoms with Crippen LogP contribution < -0.4 is 5.73 Å². The summed E-state index contributed by atoms with van der Waals surface area (Å²) in [4.78, 5) is -0.0288. The number of rotatable bonds is 4. The Balaban J connectivity index is 2.28. The number of hydrogen-bond acceptors (Lipinski definition) is 3. The fourth-order valence-electron chi connectivity index (χ4n) is 1.84. The number of nitrogens with two attached hydrogens (primary N) is 1. The SMILES string of the molecule is CN(Cc1cccc(Br)c1)S(=O)(=O)c1ccc(F)c(N)c1. The van der Waals surface area contributed by atoms with Crippen LogP contribution in [0.15, 0.2) is 51.8 Å². The first-order valence-corrected chi connectivity index (χ1v) is 8.30. The number of halogens is 2. The zero-order chi connectivity index (χ0) is 15.6. The average molecular weight is 373 g/mol. The van der Waals surface area contributed by atoms with Crippen molar-refractivity contribution >= 4 is 31.6 Å². The molecule has 0 aliphatic rings. The molecule has 0 atom stereocenters. The van der Waals surface area contributed by atoms with Crippen molar-refractivity contribution < 1.29 is 12.8 Å². The maximum Gasteiger partial charge on any atom is 0.243 e. The summed E-state index contributed by atoms with van der Waals surface area (Å²) in [5, 5.41) is 0. The highest BCUT2D eigenvalue weighted by Crippen LogP contribution is 2.21. The van der Waals surface area contributed by atoms with E-state index in [0.29, 0.717) is 0 Å². The summed E-state index contributed by atoms with van der Waals surface area (Å²) >= 11 is 3.34. The molecule has 0 amide bonds. The highest BCUT2D eigenvalue weighted by atomic mass is 79.9. The van der Waals surface area contributed by atoms with Gasteiger partial charge in [-0.3, -0.25) is 0 Å². The fourth-order valence-corrected chi connectivity index (χ4v) is 3.48. The van der Waals surface area contributed by atoms with Gasteiger partial charge in [0.15, 0.2) is 0 Å². The van der Waals surface area contributed by atoms with Gasteiger partial charge in [-0.05, 0) is 35.9 Å². The molecule has 7 heteroatoms. The van der Waals surface area contributed by atoms with Crippen LogP contribution in [0.1, 0.15) is 5.56 Å². The molecule has 2 aromatic rings. The molecule has 2 rings (SSSR count). The Bertz CT molecular complexity index is 765. The molecule has 0 heterocycles. The maximum atomic E-state index is 13.1. The standard InChI is InChI=1S/C14H14BrFN2O2S/c1-18(9-10-3-2-4-11(15)7-10)21(19,20)12-5-6-13(16)14(17)8-12/h2-8H,9,17H2,1H3. The van der Waals surface area contributed by atoms with Crippen LogP contribution in [0.5, 0.6) is 0 Å². The monoisotopic (exact) mass is 372 g/mol. The van der Waals surface area contributed by atoms with Gasteiger partial charge in [-0.1, -0.05) is 28.1 Å². The van der Waals surface area contributed by atoms with Gasteiger partial charge in [-0.25, -0.2) is 12.8 Å². The smallest absolute Gasteiger partial charge is 0.243 e. The molecule has 0 aliphatic heterocycles. The maximum absolute atomic E-state index is 13.1. The summed E-state index contributed by atoms with van der Waals surface area (Å²) in [6.45, 7) is 0.207. The summed E-state index contributed by atoms with van der Waals surface area (Å²) in [5.41, 5.74) is 6.08. The third-order valence-corrected chi connectivity index (χ3v) is 5.26. The molecule has 2 aromatic carbocycles. The quantitative estimate of drug-likeness (QED) is 0.839. The zero-order valence-corrected chi connectivity index (χ0v) is 13.7. The van der Waals surface area contributed by atoms with Crippen LogP contribution in [0.3, 0.4) is 0 Å². The third kappa shape index (κ3) is 3.61. The fraction of sp³-hybridized carbons (Fsp3) is 0.143. The van der Waals surface area contributed by atoms with Crippen molar-refractivity contribution in [3.05, 3.63) is 58.3 Å². The summed E-state index contributed by atoms with van der Waals surface area (Å²) in [7, 11) is -2.25. The molecule has 0 aromatic heterocycles. The van der Waals surface area contributed by atoms with Crippen molar-refractivity contribution in [1.29, 1.82) is 0 Å². The number of hydrogen-bond donors (Lipinski definition) is 1. The van der Waals surface area contributed by atoms with Gasteiger partial charge in [0.2, 0.25) is 10.0 Å². The summed E-state index contributed by atoms with van der Waals surface area (Å²) < 4.78 is 40.1. The normalized spacial score (nSPS) is 11.8. The number of anilines is 1. The Hall–Kier alpha value is -1.44. The Morgan fingerprint density at radius 2 is 1.95 bits per heavy atom. The number of sulfonamides is 1. The van der Waals surface area contributed by atoms with Crippen LogP contribution in [0.4, 0.5) is 10.1 Å². The van der Waals surface area contributed by atoms with E-state index in [1.165, 1.54) is 17.4 Å². The van der Waals surface area contributed by atoms with Crippen molar-refractivity contribution in [3.8, 4) is 0 Å². The summed E-state index contributed by atoms with van der Waals surface area (Å²) in [5.74, 6) is -0.636. The summed E-state index contributed by atoms with van der Waals surface area (Å²) in [6, 6.07) is 10.7. The van der Waals surface area contributed by atoms with E-state index in [2.05, 4.69) is 15.9 Å². The first kappa shape index (κ1) is 15.9. The minimum atomic E-state index is -3.72. The molecule has 0 bridgehead atoms. The lowest BCUT2D eigenvalue weighted by Crippen LogP contribution is -2.26. The highest BCUT2D eigenvalue weighted by Gasteiger charge is 2.21. The van der Waals surface area contributed by atoms with Crippen LogP contribution in [0.2, 0.25) is 0 Å². The molecular formula is C14H14BrFN2O2S. The molecule has 0 saturated heterocycles. The van der Waals surface area contributed by atoms with Crippen LogP contribution in [0, 0.1) is 5.82 Å². The second kappa shape index (κ2) is 6.13. The van der Waals surface area contributed by atoms with Gasteiger partial charge in [0, 0.05) is 18.1 Å². The van der Waals surface area contributed by atoms with Crippen LogP contribution in [0.25, 0.3) is 0 Å². The van der Waals surface area contributed by atoms with Crippen molar-refractivity contribution in [2.45, 2.75) is 11.4 Å². The number of benzene rings is 2. The Morgan fingerprint density at radius 1 is 1.24 bits per heavy atom. The van der Waals surface area contributed by atoms with Gasteiger partial charge in [-0.15, -0.1) is 0 Å². The first-order chi connectivity index (χ1) is 9.80. The molecule has 0 saturated carbocycles. The molecule has 0 fully saturated rings. The predicted molar refractivity (Wildman–Crippen MR) is 83.6 cm³/mol. The van der Waals surface area contributed by atoms with Crippen molar-refractivity contribution in [2.75, 3.05) is 12.8 Å². The van der Waals surface area contributed by atoms with E-state index in [1.54, 1.807) is 0 Å². The highest BCUT2D eigenvalue weighted by molar-refractivity contribution is 9.10. The minimum absolute atomic E-state index is 0.0288. The molecule has 0 spiro atoms. The van der Waals surface area contributed by atoms with E-state index in [-0.39, 0.29) is 17.1 Å². The average Bonchev–Trinajstić information content (AvgIpc) is 2.41. The van der Waals surface area contributed by atoms with Crippen LogP contribution >= 0.6 is 15.9 Å². The number of nitrogens with zero attached hydrogens (tertiary/aromatic N) is 1. The third-order valence-electron chi connectivity index (χ3n) is 2.97. The minimum Gasteiger partial charge on any atom is -0.396 e. The van der Waals surface area contributed by atoms with Gasteiger partial charge in [0.05, 0.1) is 10.6 Å². The second-order valence-electron chi connectivity index (χ2n) is 4.57. The van der Waals surface area contributed by atoms with Crippen LogP contribution in [-0.2, 0) is 16.6 Å². The molecule has 112 valence electrons. The lowest BCUT2D eigenvalue weighted by atomic mass is 10.2. The van der Waals surface area contributed by atoms with E-state index >= 15 is 0 Å². The Kier molecular flexibility index (Phi) is 4.65. The van der Waals surface area contributed by atoms with E-state index in [9.17, 15) is 12.8 Å². The van der Waals surface area contributed by atoms with Gasteiger partial charge >= 0.3 is 0 Å². The number of nitrogen functional groups attached to an aromatic ring is 1. The molecule has 0 unspecified atom stereocenters. The van der Waals surface area contributed by atoms with Crippen LogP contribution in [-0.4, -0.2) is 19.8 Å². The largest absolute Gasteiger partial charge is 0.396 e. The predicted octanol–water partition coefficient (Wildman–Crippen LogP) is 2.99. The van der Waals surface area contributed by atoms with Gasteiger partial charge in [-0.2, -0.15) is 4.31 Å². The molecular weight excluding hydrogens is 359 g/mol. The van der Waals surface area contributed by atoms with E-state index in [4.69, 9.17) is 5.73 Å². The lowest BCUT2D eigenvalue weighted by molar-refractivity contribution is 0.466. The first-order valence-electron chi connectivity index (χ1n) is 6.06. The molecule has 0 aliphatic carbocycles. The Morgan fingerprint density at radius 3 is 2.57 bits per heavy atom. The molecule has 21 heavy (non-hydrogen) atoms. The zero-order valence-electron chi connectivity index (χ0n) is 11.3. The van der Waals surface area contributed by atoms with E-state index in [0.717, 1.165) is 22.2 Å². The Labute approximate surface area is 131 Å². The lowest BCUT2D eigenvalue weighted by Gasteiger charge is -2.17. The van der Waals surface area contributed by atoms with Gasteiger partial charge in [0.25, 0.3) is 0 Å². The topological polar surface area (TPSA) is 63.4 Å². The molecule has 4 nitrogen and oxygen atoms in total. The summed E-state index contributed by atoms with van der Waals surface area (Å²) in [6.07, 6.45) is 0. The van der Waals surface area contributed by atoms with Crippen molar-refractivity contribution in [1.82, 2.24) is 4.31 Å².